The number of nitrogens with one attached hydrogen (secondary N) is 1. The molecule has 5 nitrogen and oxygen atoms in total. The summed E-state index contributed by atoms with van der Waals surface area (Å²) < 4.78 is 0. The number of phenolic OH excluding ortho intramolecular Hbond substituents is 3. The number of aromatic amines is 1. The Kier molecular flexibility index (Phi) is 4.66. The van der Waals surface area contributed by atoms with Crippen LogP contribution in [0.15, 0.2) is 36.4 Å². The summed E-state index contributed by atoms with van der Waals surface area (Å²) in [6, 6.07) is 10.5. The molecule has 0 unspecified atom stereocenters. The zero-order chi connectivity index (χ0) is 20.9. The molecule has 0 amide bonds. The molecule has 0 aliphatic carbocycles. The van der Waals surface area contributed by atoms with Crippen molar-refractivity contribution in [3.63, 3.8) is 0 Å². The topological polar surface area (TPSA) is 89.4 Å². The molecule has 1 aromatic heterocycles. The zero-order valence-electron chi connectivity index (χ0n) is 17.3. The van der Waals surface area contributed by atoms with Gasteiger partial charge in [-0.15, -0.1) is 0 Å². The standard InChI is InChI=1S/C23H28N2O3/c1-22(2,3)15-9-14(10-16(21(15)28)23(4,5)6)18-12-17(24-25-18)13-7-8-19(26)20(27)11-13/h7-12,26-28H,1-6H3,(H,24,25). The molecule has 0 aliphatic heterocycles. The first-order valence-corrected chi connectivity index (χ1v) is 9.34. The van der Waals surface area contributed by atoms with E-state index >= 15 is 0 Å². The van der Waals surface area contributed by atoms with Crippen LogP contribution in [0, 0.1) is 0 Å². The Bertz CT molecular complexity index is 986. The summed E-state index contributed by atoms with van der Waals surface area (Å²) in [5.74, 6) is -0.00190. The minimum atomic E-state index is -0.220. The highest BCUT2D eigenvalue weighted by atomic mass is 16.3. The van der Waals surface area contributed by atoms with E-state index in [1.807, 2.05) is 18.2 Å². The van der Waals surface area contributed by atoms with Crippen LogP contribution in [-0.2, 0) is 10.8 Å². The van der Waals surface area contributed by atoms with Crippen molar-refractivity contribution in [2.24, 2.45) is 0 Å². The summed E-state index contributed by atoms with van der Waals surface area (Å²) in [7, 11) is 0. The minimum Gasteiger partial charge on any atom is -0.507 e. The molecule has 0 spiro atoms. The maximum Gasteiger partial charge on any atom is 0.158 e. The lowest BCUT2D eigenvalue weighted by molar-refractivity contribution is 0.404. The van der Waals surface area contributed by atoms with Gasteiger partial charge in [-0.05, 0) is 47.2 Å². The number of nitrogens with zero attached hydrogens (tertiary/aromatic N) is 1. The van der Waals surface area contributed by atoms with Gasteiger partial charge in [0.1, 0.15) is 5.75 Å². The summed E-state index contributed by atoms with van der Waals surface area (Å²) in [5, 5.41) is 37.6. The van der Waals surface area contributed by atoms with Gasteiger partial charge in [-0.1, -0.05) is 41.5 Å². The second-order valence-electron chi connectivity index (χ2n) is 9.29. The van der Waals surface area contributed by atoms with Gasteiger partial charge in [0.2, 0.25) is 0 Å². The summed E-state index contributed by atoms with van der Waals surface area (Å²) >= 11 is 0. The van der Waals surface area contributed by atoms with E-state index in [9.17, 15) is 15.3 Å². The molecular weight excluding hydrogens is 352 g/mol. The lowest BCUT2D eigenvalue weighted by atomic mass is 9.78. The van der Waals surface area contributed by atoms with E-state index < -0.39 is 0 Å². The molecule has 0 radical (unpaired) electrons. The number of H-pyrrole nitrogens is 1. The predicted octanol–water partition coefficient (Wildman–Crippen LogP) is 5.46. The summed E-state index contributed by atoms with van der Waals surface area (Å²) in [5.41, 5.74) is 4.43. The third kappa shape index (κ3) is 3.70. The molecule has 1 heterocycles. The summed E-state index contributed by atoms with van der Waals surface area (Å²) in [4.78, 5) is 0. The molecule has 0 bridgehead atoms. The van der Waals surface area contributed by atoms with E-state index in [-0.39, 0.29) is 22.3 Å². The van der Waals surface area contributed by atoms with Gasteiger partial charge < -0.3 is 15.3 Å². The van der Waals surface area contributed by atoms with Gasteiger partial charge in [-0.25, -0.2) is 0 Å². The van der Waals surface area contributed by atoms with E-state index in [0.717, 1.165) is 33.6 Å². The Balaban J connectivity index is 2.14. The Morgan fingerprint density at radius 3 is 1.79 bits per heavy atom. The predicted molar refractivity (Wildman–Crippen MR) is 112 cm³/mol. The number of hydrogen-bond acceptors (Lipinski definition) is 4. The van der Waals surface area contributed by atoms with Crippen LogP contribution < -0.4 is 0 Å². The lowest BCUT2D eigenvalue weighted by Crippen LogP contribution is -2.17. The van der Waals surface area contributed by atoms with Crippen molar-refractivity contribution in [1.82, 2.24) is 10.2 Å². The SMILES string of the molecule is CC(C)(C)c1cc(-c2cc(-c3ccc(O)c(O)c3)[nH]n2)cc(C(C)(C)C)c1O. The normalized spacial score (nSPS) is 12.4. The van der Waals surface area contributed by atoms with Gasteiger partial charge in [0.25, 0.3) is 0 Å². The van der Waals surface area contributed by atoms with Crippen molar-refractivity contribution in [3.05, 3.63) is 47.5 Å². The van der Waals surface area contributed by atoms with E-state index in [1.165, 1.54) is 12.1 Å². The summed E-state index contributed by atoms with van der Waals surface area (Å²) in [6.07, 6.45) is 0. The van der Waals surface area contributed by atoms with Gasteiger partial charge >= 0.3 is 0 Å². The van der Waals surface area contributed by atoms with Crippen molar-refractivity contribution in [3.8, 4) is 39.8 Å². The second kappa shape index (κ2) is 6.59. The summed E-state index contributed by atoms with van der Waals surface area (Å²) in [6.45, 7) is 12.5. The van der Waals surface area contributed by atoms with E-state index in [4.69, 9.17) is 0 Å². The third-order valence-electron chi connectivity index (χ3n) is 4.89. The lowest BCUT2D eigenvalue weighted by Gasteiger charge is -2.28. The third-order valence-corrected chi connectivity index (χ3v) is 4.89. The maximum atomic E-state index is 10.9. The Morgan fingerprint density at radius 1 is 0.714 bits per heavy atom. The second-order valence-corrected chi connectivity index (χ2v) is 9.29. The molecule has 3 aromatic rings. The van der Waals surface area contributed by atoms with Gasteiger partial charge in [0.15, 0.2) is 11.5 Å². The van der Waals surface area contributed by atoms with Crippen LogP contribution in [0.25, 0.3) is 22.5 Å². The average molecular weight is 380 g/mol. The Labute approximate surface area is 165 Å². The first-order valence-electron chi connectivity index (χ1n) is 9.34. The monoisotopic (exact) mass is 380 g/mol. The average Bonchev–Trinajstić information content (AvgIpc) is 3.05. The largest absolute Gasteiger partial charge is 0.507 e. The van der Waals surface area contributed by atoms with E-state index in [0.29, 0.717) is 5.75 Å². The van der Waals surface area contributed by atoms with Crippen LogP contribution in [-0.4, -0.2) is 25.5 Å². The highest BCUT2D eigenvalue weighted by molar-refractivity contribution is 5.72. The van der Waals surface area contributed by atoms with Crippen molar-refractivity contribution in [2.75, 3.05) is 0 Å². The molecular formula is C23H28N2O3. The molecule has 0 saturated carbocycles. The number of aromatic nitrogens is 2. The van der Waals surface area contributed by atoms with Crippen LogP contribution >= 0.6 is 0 Å². The van der Waals surface area contributed by atoms with Crippen LogP contribution in [0.5, 0.6) is 17.2 Å². The minimum absolute atomic E-state index is 0.160. The van der Waals surface area contributed by atoms with Gasteiger partial charge in [-0.3, -0.25) is 5.10 Å². The maximum absolute atomic E-state index is 10.9. The van der Waals surface area contributed by atoms with Crippen molar-refractivity contribution >= 4 is 0 Å². The van der Waals surface area contributed by atoms with Crippen LogP contribution in [0.4, 0.5) is 0 Å². The molecule has 0 fully saturated rings. The highest BCUT2D eigenvalue weighted by Crippen LogP contribution is 2.42. The van der Waals surface area contributed by atoms with Gasteiger partial charge in [0, 0.05) is 22.3 Å². The van der Waals surface area contributed by atoms with Crippen LogP contribution in [0.1, 0.15) is 52.7 Å². The first-order chi connectivity index (χ1) is 12.9. The van der Waals surface area contributed by atoms with E-state index in [2.05, 4.69) is 51.7 Å². The smallest absolute Gasteiger partial charge is 0.158 e. The molecule has 0 saturated heterocycles. The first kappa shape index (κ1) is 19.8. The Hall–Kier alpha value is -2.95. The van der Waals surface area contributed by atoms with Crippen LogP contribution in [0.2, 0.25) is 0 Å². The molecule has 4 N–H and O–H groups in total. The fourth-order valence-electron chi connectivity index (χ4n) is 3.23. The van der Waals surface area contributed by atoms with Gasteiger partial charge in [-0.2, -0.15) is 5.10 Å². The molecule has 0 atom stereocenters. The molecule has 28 heavy (non-hydrogen) atoms. The van der Waals surface area contributed by atoms with Gasteiger partial charge in [0.05, 0.1) is 11.4 Å². The molecule has 2 aromatic carbocycles. The molecule has 0 aliphatic rings. The fourth-order valence-corrected chi connectivity index (χ4v) is 3.23. The fraction of sp³-hybridized carbons (Fsp3) is 0.348. The Morgan fingerprint density at radius 2 is 1.29 bits per heavy atom. The van der Waals surface area contributed by atoms with Crippen molar-refractivity contribution < 1.29 is 15.3 Å². The quantitative estimate of drug-likeness (QED) is 0.445. The highest BCUT2D eigenvalue weighted by Gasteiger charge is 2.27. The number of benzene rings is 2. The number of aromatic hydroxyl groups is 3. The van der Waals surface area contributed by atoms with Crippen molar-refractivity contribution in [1.29, 1.82) is 0 Å². The number of hydrogen-bond donors (Lipinski definition) is 4. The molecule has 148 valence electrons. The van der Waals surface area contributed by atoms with E-state index in [1.54, 1.807) is 6.07 Å². The number of rotatable bonds is 2. The molecule has 3 rings (SSSR count). The zero-order valence-corrected chi connectivity index (χ0v) is 17.3. The molecule has 5 heteroatoms. The van der Waals surface area contributed by atoms with Crippen molar-refractivity contribution in [2.45, 2.75) is 52.4 Å². The van der Waals surface area contributed by atoms with Crippen LogP contribution in [0.3, 0.4) is 0 Å². The number of phenols is 3.